The van der Waals surface area contributed by atoms with Crippen LogP contribution in [-0.4, -0.2) is 57.1 Å². The molecule has 3 aromatic rings. The van der Waals surface area contributed by atoms with Crippen molar-refractivity contribution in [3.8, 4) is 5.75 Å². The van der Waals surface area contributed by atoms with Gasteiger partial charge in [-0.1, -0.05) is 67.1 Å². The van der Waals surface area contributed by atoms with Crippen molar-refractivity contribution in [3.05, 3.63) is 95.6 Å². The Morgan fingerprint density at radius 3 is 2.12 bits per heavy atom. The maximum absolute atomic E-state index is 14.0. The van der Waals surface area contributed by atoms with Crippen molar-refractivity contribution in [2.24, 2.45) is 0 Å². The highest BCUT2D eigenvalue weighted by molar-refractivity contribution is 7.92. The fraction of sp³-hybridized carbons (Fsp3) is 0.355. The number of ether oxygens (including phenoxy) is 1. The fourth-order valence-corrected chi connectivity index (χ4v) is 5.15. The Balaban J connectivity index is 2.01. The van der Waals surface area contributed by atoms with Crippen molar-refractivity contribution in [1.29, 1.82) is 0 Å². The van der Waals surface area contributed by atoms with Crippen LogP contribution in [0.4, 0.5) is 5.69 Å². The Labute approximate surface area is 238 Å². The molecule has 3 aromatic carbocycles. The zero-order valence-electron chi connectivity index (χ0n) is 23.7. The lowest BCUT2D eigenvalue weighted by Crippen LogP contribution is -2.53. The molecule has 0 spiro atoms. The number of hydrogen-bond acceptors (Lipinski definition) is 5. The Morgan fingerprint density at radius 2 is 1.55 bits per heavy atom. The minimum atomic E-state index is -3.82. The van der Waals surface area contributed by atoms with Crippen molar-refractivity contribution >= 4 is 27.5 Å². The Bertz CT molecular complexity index is 1340. The molecule has 0 aliphatic rings. The molecule has 0 heterocycles. The van der Waals surface area contributed by atoms with Crippen molar-refractivity contribution in [1.82, 2.24) is 10.2 Å². The number of amides is 2. The normalized spacial score (nSPS) is 11.9. The van der Waals surface area contributed by atoms with Crippen LogP contribution in [0.5, 0.6) is 5.75 Å². The number of nitrogens with zero attached hydrogens (tertiary/aromatic N) is 2. The lowest BCUT2D eigenvalue weighted by Gasteiger charge is -2.33. The lowest BCUT2D eigenvalue weighted by molar-refractivity contribution is -0.140. The molecule has 8 nitrogen and oxygen atoms in total. The van der Waals surface area contributed by atoms with E-state index >= 15 is 0 Å². The molecule has 0 aliphatic carbocycles. The van der Waals surface area contributed by atoms with Gasteiger partial charge in [0.1, 0.15) is 18.3 Å². The van der Waals surface area contributed by atoms with Crippen LogP contribution in [0.25, 0.3) is 0 Å². The predicted molar refractivity (Wildman–Crippen MR) is 159 cm³/mol. The number of carbonyl (C=O) groups is 2. The second kappa shape index (κ2) is 14.5. The first-order valence-corrected chi connectivity index (χ1v) is 15.3. The average Bonchev–Trinajstić information content (AvgIpc) is 2.94. The van der Waals surface area contributed by atoms with Gasteiger partial charge in [-0.3, -0.25) is 13.9 Å². The smallest absolute Gasteiger partial charge is 0.244 e. The summed E-state index contributed by atoms with van der Waals surface area (Å²) >= 11 is 0. The third-order valence-electron chi connectivity index (χ3n) is 6.41. The third-order valence-corrected chi connectivity index (χ3v) is 7.55. The Morgan fingerprint density at radius 1 is 0.900 bits per heavy atom. The standard InChI is InChI=1S/C31H39N3O5S/c1-5-20-32-31(36)29(21-25-10-8-7-9-11-25)33(22-26-14-12-24(3)13-15-26)30(35)23-34(40(4,37)38)27-16-18-28(19-17-27)39-6-2/h7-19,29H,5-6,20-23H2,1-4H3,(H,32,36)/t29-/m1/s1. The van der Waals surface area contributed by atoms with Crippen molar-refractivity contribution < 1.29 is 22.7 Å². The topological polar surface area (TPSA) is 96.0 Å². The number of sulfonamides is 1. The summed E-state index contributed by atoms with van der Waals surface area (Å²) in [5, 5.41) is 2.94. The van der Waals surface area contributed by atoms with E-state index in [1.807, 2.05) is 75.4 Å². The molecule has 2 amide bonds. The SMILES string of the molecule is CCCNC(=O)[C@@H](Cc1ccccc1)N(Cc1ccc(C)cc1)C(=O)CN(c1ccc(OCC)cc1)S(C)(=O)=O. The highest BCUT2D eigenvalue weighted by Gasteiger charge is 2.32. The number of rotatable bonds is 14. The second-order valence-corrected chi connectivity index (χ2v) is 11.6. The number of hydrogen-bond donors (Lipinski definition) is 1. The van der Waals surface area contributed by atoms with Gasteiger partial charge in [-0.05, 0) is 55.7 Å². The van der Waals surface area contributed by atoms with Crippen LogP contribution in [-0.2, 0) is 32.6 Å². The first-order chi connectivity index (χ1) is 19.1. The molecule has 0 radical (unpaired) electrons. The van der Waals surface area contributed by atoms with Crippen LogP contribution < -0.4 is 14.4 Å². The van der Waals surface area contributed by atoms with E-state index in [0.717, 1.165) is 33.7 Å². The molecule has 9 heteroatoms. The molecular formula is C31H39N3O5S. The predicted octanol–water partition coefficient (Wildman–Crippen LogP) is 4.33. The Hall–Kier alpha value is -3.85. The van der Waals surface area contributed by atoms with E-state index in [1.165, 1.54) is 4.90 Å². The van der Waals surface area contributed by atoms with Crippen molar-refractivity contribution in [2.45, 2.75) is 46.2 Å². The number of anilines is 1. The maximum atomic E-state index is 14.0. The largest absolute Gasteiger partial charge is 0.494 e. The van der Waals surface area contributed by atoms with Crippen LogP contribution in [0.15, 0.2) is 78.9 Å². The highest BCUT2D eigenvalue weighted by atomic mass is 32.2. The van der Waals surface area contributed by atoms with Gasteiger partial charge in [0.05, 0.1) is 18.6 Å². The molecular weight excluding hydrogens is 526 g/mol. The summed E-state index contributed by atoms with van der Waals surface area (Å²) in [4.78, 5) is 29.0. The van der Waals surface area contributed by atoms with Crippen LogP contribution >= 0.6 is 0 Å². The van der Waals surface area contributed by atoms with E-state index in [4.69, 9.17) is 4.74 Å². The lowest BCUT2D eigenvalue weighted by atomic mass is 10.0. The molecule has 0 fully saturated rings. The number of aryl methyl sites for hydroxylation is 1. The van der Waals surface area contributed by atoms with Crippen LogP contribution in [0.3, 0.4) is 0 Å². The molecule has 3 rings (SSSR count). The van der Waals surface area contributed by atoms with Gasteiger partial charge in [0, 0.05) is 19.5 Å². The fourth-order valence-electron chi connectivity index (χ4n) is 4.30. The van der Waals surface area contributed by atoms with Gasteiger partial charge in [-0.25, -0.2) is 8.42 Å². The van der Waals surface area contributed by atoms with E-state index in [-0.39, 0.29) is 18.9 Å². The van der Waals surface area contributed by atoms with Crippen molar-refractivity contribution in [2.75, 3.05) is 30.3 Å². The summed E-state index contributed by atoms with van der Waals surface area (Å²) in [6.07, 6.45) is 2.10. The monoisotopic (exact) mass is 565 g/mol. The van der Waals surface area contributed by atoms with Crippen LogP contribution in [0, 0.1) is 6.92 Å². The molecule has 0 aromatic heterocycles. The zero-order chi connectivity index (χ0) is 29.1. The Kier molecular flexibility index (Phi) is 11.1. The second-order valence-electron chi connectivity index (χ2n) is 9.70. The minimum Gasteiger partial charge on any atom is -0.494 e. The highest BCUT2D eigenvalue weighted by Crippen LogP contribution is 2.23. The molecule has 0 saturated carbocycles. The molecule has 0 saturated heterocycles. The molecule has 0 bridgehead atoms. The summed E-state index contributed by atoms with van der Waals surface area (Å²) in [5.74, 6) is -0.159. The molecule has 0 aliphatic heterocycles. The molecule has 0 unspecified atom stereocenters. The van der Waals surface area contributed by atoms with E-state index in [1.54, 1.807) is 24.3 Å². The van der Waals surface area contributed by atoms with Gasteiger partial charge in [0.2, 0.25) is 21.8 Å². The summed E-state index contributed by atoms with van der Waals surface area (Å²) in [7, 11) is -3.82. The number of carbonyl (C=O) groups excluding carboxylic acids is 2. The van der Waals surface area contributed by atoms with Gasteiger partial charge in [-0.2, -0.15) is 0 Å². The van der Waals surface area contributed by atoms with E-state index in [2.05, 4.69) is 5.32 Å². The molecule has 1 N–H and O–H groups in total. The molecule has 40 heavy (non-hydrogen) atoms. The van der Waals surface area contributed by atoms with Crippen LogP contribution in [0.1, 0.15) is 37.0 Å². The van der Waals surface area contributed by atoms with Gasteiger partial charge < -0.3 is 15.0 Å². The summed E-state index contributed by atoms with van der Waals surface area (Å²) in [5.41, 5.74) is 3.14. The minimum absolute atomic E-state index is 0.150. The van der Waals surface area contributed by atoms with Crippen LogP contribution in [0.2, 0.25) is 0 Å². The molecule has 1 atom stereocenters. The van der Waals surface area contributed by atoms with Gasteiger partial charge in [0.25, 0.3) is 0 Å². The van der Waals surface area contributed by atoms with E-state index in [0.29, 0.717) is 24.6 Å². The zero-order valence-corrected chi connectivity index (χ0v) is 24.5. The van der Waals surface area contributed by atoms with Gasteiger partial charge in [-0.15, -0.1) is 0 Å². The van der Waals surface area contributed by atoms with Gasteiger partial charge >= 0.3 is 0 Å². The average molecular weight is 566 g/mol. The van der Waals surface area contributed by atoms with E-state index < -0.39 is 28.5 Å². The number of nitrogens with one attached hydrogen (secondary N) is 1. The summed E-state index contributed by atoms with van der Waals surface area (Å²) in [6.45, 7) is 6.44. The first kappa shape index (κ1) is 30.7. The third kappa shape index (κ3) is 8.84. The van der Waals surface area contributed by atoms with Gasteiger partial charge in [0.15, 0.2) is 0 Å². The van der Waals surface area contributed by atoms with E-state index in [9.17, 15) is 18.0 Å². The number of benzene rings is 3. The summed E-state index contributed by atoms with van der Waals surface area (Å²) < 4.78 is 32.3. The molecule has 214 valence electrons. The maximum Gasteiger partial charge on any atom is 0.244 e. The van der Waals surface area contributed by atoms with Crippen molar-refractivity contribution in [3.63, 3.8) is 0 Å². The quantitative estimate of drug-likeness (QED) is 0.314. The summed E-state index contributed by atoms with van der Waals surface area (Å²) in [6, 6.07) is 22.9. The first-order valence-electron chi connectivity index (χ1n) is 13.5.